The molecule has 27 heavy (non-hydrogen) atoms. The van der Waals surface area contributed by atoms with Gasteiger partial charge in [-0.2, -0.15) is 0 Å². The SMILES string of the molecule is Clc1cccc(-c2ccccc2-c2ccc3sc4cccc(Br)c4c3c2)c1. The van der Waals surface area contributed by atoms with E-state index in [1.54, 1.807) is 0 Å². The first kappa shape index (κ1) is 17.0. The van der Waals surface area contributed by atoms with E-state index >= 15 is 0 Å². The first-order chi connectivity index (χ1) is 13.2. The number of rotatable bonds is 2. The van der Waals surface area contributed by atoms with Crippen molar-refractivity contribution in [3.8, 4) is 22.3 Å². The summed E-state index contributed by atoms with van der Waals surface area (Å²) in [5, 5.41) is 3.34. The molecule has 0 amide bonds. The van der Waals surface area contributed by atoms with Crippen LogP contribution in [0.3, 0.4) is 0 Å². The first-order valence-corrected chi connectivity index (χ1v) is 10.7. The van der Waals surface area contributed by atoms with E-state index in [2.05, 4.69) is 82.7 Å². The van der Waals surface area contributed by atoms with Crippen LogP contribution in [0.15, 0.2) is 89.4 Å². The molecule has 0 aliphatic heterocycles. The van der Waals surface area contributed by atoms with E-state index in [1.807, 2.05) is 29.5 Å². The second-order valence-corrected chi connectivity index (χ2v) is 8.86. The van der Waals surface area contributed by atoms with E-state index in [4.69, 9.17) is 11.6 Å². The molecule has 0 unspecified atom stereocenters. The van der Waals surface area contributed by atoms with Crippen molar-refractivity contribution in [2.24, 2.45) is 0 Å². The predicted molar refractivity (Wildman–Crippen MR) is 123 cm³/mol. The number of hydrogen-bond donors (Lipinski definition) is 0. The molecule has 0 bridgehead atoms. The molecule has 0 radical (unpaired) electrons. The van der Waals surface area contributed by atoms with Crippen molar-refractivity contribution in [2.45, 2.75) is 0 Å². The summed E-state index contributed by atoms with van der Waals surface area (Å²) in [4.78, 5) is 0. The Morgan fingerprint density at radius 1 is 0.667 bits per heavy atom. The minimum absolute atomic E-state index is 0.755. The average molecular weight is 450 g/mol. The van der Waals surface area contributed by atoms with Crippen LogP contribution >= 0.6 is 38.9 Å². The van der Waals surface area contributed by atoms with Gasteiger partial charge in [0, 0.05) is 29.7 Å². The van der Waals surface area contributed by atoms with Crippen LogP contribution in [-0.2, 0) is 0 Å². The van der Waals surface area contributed by atoms with Crippen molar-refractivity contribution in [1.82, 2.24) is 0 Å². The summed E-state index contributed by atoms with van der Waals surface area (Å²) >= 11 is 11.8. The lowest BCUT2D eigenvalue weighted by atomic mass is 9.94. The maximum atomic E-state index is 6.24. The van der Waals surface area contributed by atoms with Crippen LogP contribution in [0.2, 0.25) is 5.02 Å². The van der Waals surface area contributed by atoms with Gasteiger partial charge in [0.05, 0.1) is 0 Å². The van der Waals surface area contributed by atoms with E-state index in [-0.39, 0.29) is 0 Å². The highest BCUT2D eigenvalue weighted by Crippen LogP contribution is 2.41. The number of halogens is 2. The van der Waals surface area contributed by atoms with Gasteiger partial charge in [-0.05, 0) is 58.7 Å². The van der Waals surface area contributed by atoms with Crippen LogP contribution in [0.5, 0.6) is 0 Å². The molecule has 0 aliphatic carbocycles. The third-order valence-corrected chi connectivity index (χ3v) is 6.85. The fraction of sp³-hybridized carbons (Fsp3) is 0. The summed E-state index contributed by atoms with van der Waals surface area (Å²) in [5.74, 6) is 0. The van der Waals surface area contributed by atoms with Gasteiger partial charge in [-0.25, -0.2) is 0 Å². The molecule has 0 atom stereocenters. The molecule has 1 aromatic heterocycles. The molecule has 3 heteroatoms. The Morgan fingerprint density at radius 2 is 1.41 bits per heavy atom. The Kier molecular flexibility index (Phi) is 4.28. The Hall–Kier alpha value is -2.13. The van der Waals surface area contributed by atoms with Gasteiger partial charge in [0.15, 0.2) is 0 Å². The van der Waals surface area contributed by atoms with E-state index < -0.39 is 0 Å². The lowest BCUT2D eigenvalue weighted by Gasteiger charge is -2.11. The van der Waals surface area contributed by atoms with Crippen LogP contribution in [0.1, 0.15) is 0 Å². The van der Waals surface area contributed by atoms with Crippen molar-refractivity contribution >= 4 is 59.0 Å². The second-order valence-electron chi connectivity index (χ2n) is 6.48. The maximum Gasteiger partial charge on any atom is 0.0412 e. The van der Waals surface area contributed by atoms with Crippen LogP contribution in [0, 0.1) is 0 Å². The standard InChI is InChI=1S/C24H14BrClS/c25-21-9-4-10-23-24(21)20-14-16(11-12-22(20)27-23)19-8-2-1-7-18(19)15-5-3-6-17(26)13-15/h1-14H. The topological polar surface area (TPSA) is 0 Å². The summed E-state index contributed by atoms with van der Waals surface area (Å²) < 4.78 is 3.76. The maximum absolute atomic E-state index is 6.24. The fourth-order valence-corrected chi connectivity index (χ4v) is 5.61. The molecule has 130 valence electrons. The molecule has 0 N–H and O–H groups in total. The smallest absolute Gasteiger partial charge is 0.0412 e. The van der Waals surface area contributed by atoms with Gasteiger partial charge in [0.1, 0.15) is 0 Å². The predicted octanol–water partition coefficient (Wildman–Crippen LogP) is 8.80. The number of thiophene rings is 1. The average Bonchev–Trinajstić information content (AvgIpc) is 3.07. The molecule has 0 aliphatic rings. The summed E-state index contributed by atoms with van der Waals surface area (Å²) in [5.41, 5.74) is 4.76. The van der Waals surface area contributed by atoms with Gasteiger partial charge in [-0.15, -0.1) is 11.3 Å². The van der Waals surface area contributed by atoms with Crippen molar-refractivity contribution < 1.29 is 0 Å². The lowest BCUT2D eigenvalue weighted by molar-refractivity contribution is 1.60. The molecular weight excluding hydrogens is 436 g/mol. The molecule has 0 saturated heterocycles. The molecule has 0 saturated carbocycles. The molecular formula is C24H14BrClS. The highest BCUT2D eigenvalue weighted by atomic mass is 79.9. The van der Waals surface area contributed by atoms with Crippen molar-refractivity contribution in [3.05, 3.63) is 94.4 Å². The highest BCUT2D eigenvalue weighted by Gasteiger charge is 2.12. The zero-order valence-electron chi connectivity index (χ0n) is 14.2. The Morgan fingerprint density at radius 3 is 2.19 bits per heavy atom. The van der Waals surface area contributed by atoms with Gasteiger partial charge in [0.2, 0.25) is 0 Å². The van der Waals surface area contributed by atoms with Gasteiger partial charge >= 0.3 is 0 Å². The normalized spacial score (nSPS) is 11.3. The zero-order valence-corrected chi connectivity index (χ0v) is 17.4. The largest absolute Gasteiger partial charge is 0.135 e. The molecule has 4 aromatic carbocycles. The Labute approximate surface area is 175 Å². The van der Waals surface area contributed by atoms with Gasteiger partial charge < -0.3 is 0 Å². The number of hydrogen-bond acceptors (Lipinski definition) is 1. The summed E-state index contributed by atoms with van der Waals surface area (Å²) in [6.45, 7) is 0. The number of fused-ring (bicyclic) bond motifs is 3. The molecule has 5 rings (SSSR count). The van der Waals surface area contributed by atoms with Gasteiger partial charge in [0.25, 0.3) is 0 Å². The molecule has 5 aromatic rings. The summed E-state index contributed by atoms with van der Waals surface area (Å²) in [6, 6.07) is 29.7. The molecule has 1 heterocycles. The second kappa shape index (κ2) is 6.79. The first-order valence-electron chi connectivity index (χ1n) is 8.67. The van der Waals surface area contributed by atoms with E-state index in [0.29, 0.717) is 0 Å². The monoisotopic (exact) mass is 448 g/mol. The highest BCUT2D eigenvalue weighted by molar-refractivity contribution is 9.10. The number of benzene rings is 4. The van der Waals surface area contributed by atoms with E-state index in [1.165, 1.54) is 36.9 Å². The van der Waals surface area contributed by atoms with E-state index in [0.717, 1.165) is 15.1 Å². The van der Waals surface area contributed by atoms with Crippen molar-refractivity contribution in [1.29, 1.82) is 0 Å². The fourth-order valence-electron chi connectivity index (χ4n) is 3.59. The van der Waals surface area contributed by atoms with Crippen LogP contribution in [-0.4, -0.2) is 0 Å². The van der Waals surface area contributed by atoms with E-state index in [9.17, 15) is 0 Å². The lowest BCUT2D eigenvalue weighted by Crippen LogP contribution is -1.85. The minimum atomic E-state index is 0.755. The third-order valence-electron chi connectivity index (χ3n) is 4.82. The minimum Gasteiger partial charge on any atom is -0.135 e. The molecule has 0 spiro atoms. The molecule has 0 fully saturated rings. The Balaban J connectivity index is 1.76. The quantitative estimate of drug-likeness (QED) is 0.252. The van der Waals surface area contributed by atoms with Gasteiger partial charge in [-0.1, -0.05) is 76.1 Å². The van der Waals surface area contributed by atoms with Gasteiger partial charge in [-0.3, -0.25) is 0 Å². The zero-order chi connectivity index (χ0) is 18.4. The van der Waals surface area contributed by atoms with Crippen molar-refractivity contribution in [2.75, 3.05) is 0 Å². The molecule has 0 nitrogen and oxygen atoms in total. The van der Waals surface area contributed by atoms with Crippen LogP contribution in [0.25, 0.3) is 42.4 Å². The summed E-state index contributed by atoms with van der Waals surface area (Å²) in [6.07, 6.45) is 0. The van der Waals surface area contributed by atoms with Crippen LogP contribution in [0.4, 0.5) is 0 Å². The van der Waals surface area contributed by atoms with Crippen LogP contribution < -0.4 is 0 Å². The summed E-state index contributed by atoms with van der Waals surface area (Å²) in [7, 11) is 0. The third kappa shape index (κ3) is 2.98. The Bertz CT molecular complexity index is 1300. The van der Waals surface area contributed by atoms with Crippen molar-refractivity contribution in [3.63, 3.8) is 0 Å².